The van der Waals surface area contributed by atoms with Crippen molar-refractivity contribution in [3.05, 3.63) is 33.8 Å². The highest BCUT2D eigenvalue weighted by atomic mass is 127. The maximum absolute atomic E-state index is 6.06. The van der Waals surface area contributed by atoms with Crippen molar-refractivity contribution in [3.8, 4) is 0 Å². The van der Waals surface area contributed by atoms with Crippen LogP contribution in [0.5, 0.6) is 0 Å². The van der Waals surface area contributed by atoms with Gasteiger partial charge in [-0.3, -0.25) is 4.99 Å². The predicted molar refractivity (Wildman–Crippen MR) is 124 cm³/mol. The molecule has 27 heavy (non-hydrogen) atoms. The normalized spacial score (nSPS) is 17.1. The summed E-state index contributed by atoms with van der Waals surface area (Å²) in [4.78, 5) is 7.10. The second-order valence-electron chi connectivity index (χ2n) is 6.43. The lowest BCUT2D eigenvalue weighted by Crippen LogP contribution is -2.40. The highest BCUT2D eigenvalue weighted by Crippen LogP contribution is 2.20. The Balaban J connectivity index is 0.00000364. The van der Waals surface area contributed by atoms with Crippen LogP contribution in [0, 0.1) is 5.92 Å². The molecule has 1 N–H and O–H groups in total. The highest BCUT2D eigenvalue weighted by Gasteiger charge is 2.24. The van der Waals surface area contributed by atoms with Gasteiger partial charge >= 0.3 is 0 Å². The Hall–Kier alpha value is -0.280. The number of benzene rings is 1. The molecule has 1 saturated heterocycles. The lowest BCUT2D eigenvalue weighted by Gasteiger charge is -2.21. The number of likely N-dealkylation sites (tertiary alicyclic amines) is 1. The zero-order chi connectivity index (χ0) is 18.8. The van der Waals surface area contributed by atoms with E-state index in [0.717, 1.165) is 50.6 Å². The summed E-state index contributed by atoms with van der Waals surface area (Å²) in [7, 11) is 1.69. The summed E-state index contributed by atoms with van der Waals surface area (Å²) in [5.41, 5.74) is 1.10. The first-order valence-electron chi connectivity index (χ1n) is 9.17. The number of halogens is 3. The second-order valence-corrected chi connectivity index (χ2v) is 7.30. The number of hydrogen-bond donors (Lipinski definition) is 1. The van der Waals surface area contributed by atoms with Crippen molar-refractivity contribution in [2.75, 3.05) is 53.1 Å². The Morgan fingerprint density at radius 1 is 1.26 bits per heavy atom. The first kappa shape index (κ1) is 24.8. The quantitative estimate of drug-likeness (QED) is 0.226. The zero-order valence-corrected chi connectivity index (χ0v) is 19.9. The summed E-state index contributed by atoms with van der Waals surface area (Å²) in [6.45, 7) is 7.71. The van der Waals surface area contributed by atoms with Crippen molar-refractivity contribution in [2.45, 2.75) is 19.8 Å². The van der Waals surface area contributed by atoms with Crippen LogP contribution in [-0.2, 0) is 15.9 Å². The van der Waals surface area contributed by atoms with E-state index >= 15 is 0 Å². The first-order chi connectivity index (χ1) is 12.6. The molecule has 0 spiro atoms. The lowest BCUT2D eigenvalue weighted by molar-refractivity contribution is 0.0536. The molecule has 1 aliphatic rings. The number of methoxy groups -OCH3 is 1. The van der Waals surface area contributed by atoms with Gasteiger partial charge in [0.2, 0.25) is 0 Å². The van der Waals surface area contributed by atoms with Gasteiger partial charge < -0.3 is 19.7 Å². The minimum atomic E-state index is 0. The molecule has 1 unspecified atom stereocenters. The van der Waals surface area contributed by atoms with Gasteiger partial charge in [0.05, 0.1) is 19.8 Å². The standard InChI is InChI=1S/C19H29Cl2N3O2.HI/c1-3-22-19(23-6-4-15-10-17(20)12-18(21)11-15)24-7-5-16(13-24)14-26-9-8-25-2;/h10-12,16H,3-9,13-14H2,1-2H3,(H,22,23);1H. The van der Waals surface area contributed by atoms with Crippen molar-refractivity contribution in [1.82, 2.24) is 10.2 Å². The molecule has 8 heteroatoms. The highest BCUT2D eigenvalue weighted by molar-refractivity contribution is 14.0. The topological polar surface area (TPSA) is 46.1 Å². The van der Waals surface area contributed by atoms with Gasteiger partial charge in [-0.15, -0.1) is 24.0 Å². The molecule has 0 amide bonds. The SMILES string of the molecule is CCNC(=NCCc1cc(Cl)cc(Cl)c1)N1CCC(COCCOC)C1.I. The van der Waals surface area contributed by atoms with Gasteiger partial charge in [0, 0.05) is 49.3 Å². The third-order valence-corrected chi connectivity index (χ3v) is 4.73. The van der Waals surface area contributed by atoms with E-state index in [1.54, 1.807) is 13.2 Å². The molecule has 154 valence electrons. The first-order valence-corrected chi connectivity index (χ1v) is 9.93. The minimum Gasteiger partial charge on any atom is -0.382 e. The average Bonchev–Trinajstić information content (AvgIpc) is 3.06. The van der Waals surface area contributed by atoms with E-state index in [2.05, 4.69) is 17.1 Å². The number of ether oxygens (including phenoxy) is 2. The van der Waals surface area contributed by atoms with Crippen LogP contribution in [-0.4, -0.2) is 64.0 Å². The fourth-order valence-corrected chi connectivity index (χ4v) is 3.60. The number of hydrogen-bond acceptors (Lipinski definition) is 3. The molecule has 1 aromatic rings. The molecule has 0 bridgehead atoms. The molecule has 0 aromatic heterocycles. The van der Waals surface area contributed by atoms with Crippen LogP contribution in [0.3, 0.4) is 0 Å². The molecule has 2 rings (SSSR count). The van der Waals surface area contributed by atoms with E-state index < -0.39 is 0 Å². The van der Waals surface area contributed by atoms with Crippen LogP contribution in [0.25, 0.3) is 0 Å². The van der Waals surface area contributed by atoms with E-state index in [4.69, 9.17) is 37.7 Å². The number of nitrogens with zero attached hydrogens (tertiary/aromatic N) is 2. The van der Waals surface area contributed by atoms with Crippen LogP contribution in [0.4, 0.5) is 0 Å². The van der Waals surface area contributed by atoms with E-state index in [9.17, 15) is 0 Å². The maximum Gasteiger partial charge on any atom is 0.193 e. The van der Waals surface area contributed by atoms with Crippen molar-refractivity contribution >= 4 is 53.1 Å². The Morgan fingerprint density at radius 2 is 2.00 bits per heavy atom. The van der Waals surface area contributed by atoms with Crippen molar-refractivity contribution in [3.63, 3.8) is 0 Å². The Labute approximate surface area is 189 Å². The molecule has 1 aromatic carbocycles. The molecule has 0 radical (unpaired) electrons. The van der Waals surface area contributed by atoms with Gasteiger partial charge in [0.15, 0.2) is 5.96 Å². The molecule has 1 atom stereocenters. The van der Waals surface area contributed by atoms with Crippen LogP contribution < -0.4 is 5.32 Å². The fourth-order valence-electron chi connectivity index (χ4n) is 3.03. The molecule has 1 fully saturated rings. The van der Waals surface area contributed by atoms with Crippen LogP contribution in [0.15, 0.2) is 23.2 Å². The van der Waals surface area contributed by atoms with Crippen molar-refractivity contribution < 1.29 is 9.47 Å². The Kier molecular flexibility index (Phi) is 12.7. The smallest absolute Gasteiger partial charge is 0.193 e. The van der Waals surface area contributed by atoms with E-state index in [1.165, 1.54) is 0 Å². The summed E-state index contributed by atoms with van der Waals surface area (Å²) in [6.07, 6.45) is 1.94. The molecule has 5 nitrogen and oxygen atoms in total. The largest absolute Gasteiger partial charge is 0.382 e. The molecular weight excluding hydrogens is 500 g/mol. The van der Waals surface area contributed by atoms with E-state index in [-0.39, 0.29) is 24.0 Å². The number of guanidine groups is 1. The molecule has 1 aliphatic heterocycles. The predicted octanol–water partition coefficient (Wildman–Crippen LogP) is 4.10. The Morgan fingerprint density at radius 3 is 2.67 bits per heavy atom. The number of nitrogens with one attached hydrogen (secondary N) is 1. The van der Waals surface area contributed by atoms with Gasteiger partial charge in [-0.25, -0.2) is 0 Å². The molecular formula is C19H30Cl2IN3O2. The average molecular weight is 530 g/mol. The zero-order valence-electron chi connectivity index (χ0n) is 16.0. The second kappa shape index (κ2) is 13.8. The van der Waals surface area contributed by atoms with E-state index in [0.29, 0.717) is 35.7 Å². The van der Waals surface area contributed by atoms with E-state index in [1.807, 2.05) is 12.1 Å². The van der Waals surface area contributed by atoms with Gasteiger partial charge in [0.1, 0.15) is 0 Å². The third-order valence-electron chi connectivity index (χ3n) is 4.29. The van der Waals surface area contributed by atoms with Gasteiger partial charge in [-0.1, -0.05) is 23.2 Å². The summed E-state index contributed by atoms with van der Waals surface area (Å²) in [5, 5.41) is 4.73. The summed E-state index contributed by atoms with van der Waals surface area (Å²) >= 11 is 12.1. The minimum absolute atomic E-state index is 0. The van der Waals surface area contributed by atoms with Crippen LogP contribution >= 0.6 is 47.2 Å². The molecule has 0 aliphatic carbocycles. The third kappa shape index (κ3) is 9.17. The van der Waals surface area contributed by atoms with Gasteiger partial charge in [-0.05, 0) is 43.5 Å². The summed E-state index contributed by atoms with van der Waals surface area (Å²) in [6, 6.07) is 5.64. The van der Waals surface area contributed by atoms with Crippen molar-refractivity contribution in [1.29, 1.82) is 0 Å². The van der Waals surface area contributed by atoms with Gasteiger partial charge in [0.25, 0.3) is 0 Å². The van der Waals surface area contributed by atoms with Crippen molar-refractivity contribution in [2.24, 2.45) is 10.9 Å². The summed E-state index contributed by atoms with van der Waals surface area (Å²) < 4.78 is 10.7. The van der Waals surface area contributed by atoms with Crippen LogP contribution in [0.1, 0.15) is 18.9 Å². The van der Waals surface area contributed by atoms with Crippen LogP contribution in [0.2, 0.25) is 10.0 Å². The number of rotatable bonds is 9. The lowest BCUT2D eigenvalue weighted by atomic mass is 10.1. The monoisotopic (exact) mass is 529 g/mol. The fraction of sp³-hybridized carbons (Fsp3) is 0.632. The molecule has 0 saturated carbocycles. The maximum atomic E-state index is 6.06. The Bertz CT molecular complexity index is 570. The summed E-state index contributed by atoms with van der Waals surface area (Å²) in [5.74, 6) is 1.52. The molecule has 1 heterocycles. The van der Waals surface area contributed by atoms with Gasteiger partial charge in [-0.2, -0.15) is 0 Å². The number of aliphatic imine (C=N–C) groups is 1.